The van der Waals surface area contributed by atoms with Gasteiger partial charge in [0.25, 0.3) is 0 Å². The van der Waals surface area contributed by atoms with Gasteiger partial charge in [-0.3, -0.25) is 4.99 Å². The molecule has 2 aromatic carbocycles. The molecule has 4 rings (SSSR count). The molecule has 0 aliphatic carbocycles. The van der Waals surface area contributed by atoms with Crippen LogP contribution in [0.2, 0.25) is 0 Å². The van der Waals surface area contributed by atoms with E-state index in [1.807, 2.05) is 0 Å². The maximum atomic E-state index is 5.75. The van der Waals surface area contributed by atoms with Crippen LogP contribution < -0.4 is 5.32 Å². The zero-order valence-corrected chi connectivity index (χ0v) is 14.9. The number of para-hydroxylation sites is 1. The van der Waals surface area contributed by atoms with Crippen LogP contribution in [0.5, 0.6) is 0 Å². The maximum Gasteiger partial charge on any atom is 0.108 e. The van der Waals surface area contributed by atoms with Crippen molar-refractivity contribution < 1.29 is 4.74 Å². The summed E-state index contributed by atoms with van der Waals surface area (Å²) in [7, 11) is 0. The van der Waals surface area contributed by atoms with Gasteiger partial charge in [0.1, 0.15) is 5.84 Å². The highest BCUT2D eigenvalue weighted by Gasteiger charge is 2.40. The molecule has 1 fully saturated rings. The van der Waals surface area contributed by atoms with Crippen LogP contribution in [-0.4, -0.2) is 19.0 Å². The van der Waals surface area contributed by atoms with E-state index in [2.05, 4.69) is 60.8 Å². The molecule has 3 nitrogen and oxygen atoms in total. The minimum Gasteiger partial charge on any atom is -0.381 e. The highest BCUT2D eigenvalue weighted by molar-refractivity contribution is 6.02. The summed E-state index contributed by atoms with van der Waals surface area (Å²) in [6, 6.07) is 17.3. The Hall–Kier alpha value is -2.13. The van der Waals surface area contributed by atoms with Gasteiger partial charge in [-0.1, -0.05) is 48.0 Å². The number of fused-ring (bicyclic) bond motifs is 1. The lowest BCUT2D eigenvalue weighted by molar-refractivity contribution is 0.138. The molecule has 2 aliphatic rings. The molecule has 130 valence electrons. The number of hydrogen-bond acceptors (Lipinski definition) is 2. The zero-order valence-electron chi connectivity index (χ0n) is 14.9. The van der Waals surface area contributed by atoms with Gasteiger partial charge in [0.05, 0.1) is 6.54 Å². The Morgan fingerprint density at radius 3 is 2.92 bits per heavy atom. The number of benzene rings is 2. The molecule has 0 aromatic heterocycles. The first-order valence-electron chi connectivity index (χ1n) is 9.28. The van der Waals surface area contributed by atoms with E-state index in [-0.39, 0.29) is 5.41 Å². The number of aliphatic imine (C=N–C) groups is 1. The normalized spacial score (nSPS) is 24.6. The number of amidine groups is 1. The van der Waals surface area contributed by atoms with Crippen LogP contribution in [0.3, 0.4) is 0 Å². The third-order valence-electron chi connectivity index (χ3n) is 5.47. The summed E-state index contributed by atoms with van der Waals surface area (Å²) < 4.78 is 5.75. The van der Waals surface area contributed by atoms with Crippen molar-refractivity contribution in [1.82, 2.24) is 0 Å². The van der Waals surface area contributed by atoms with Gasteiger partial charge in [-0.25, -0.2) is 0 Å². The first kappa shape index (κ1) is 16.3. The van der Waals surface area contributed by atoms with E-state index >= 15 is 0 Å². The van der Waals surface area contributed by atoms with Crippen molar-refractivity contribution in [2.24, 2.45) is 10.4 Å². The molecular weight excluding hydrogens is 308 g/mol. The molecule has 1 saturated heterocycles. The number of hydrogen-bond donors (Lipinski definition) is 1. The Balaban J connectivity index is 1.67. The number of rotatable bonds is 2. The summed E-state index contributed by atoms with van der Waals surface area (Å²) >= 11 is 0. The summed E-state index contributed by atoms with van der Waals surface area (Å²) in [6.07, 6.45) is 4.35. The Morgan fingerprint density at radius 2 is 2.00 bits per heavy atom. The van der Waals surface area contributed by atoms with Crippen molar-refractivity contribution in [2.45, 2.75) is 39.2 Å². The molecule has 1 spiro atoms. The SMILES string of the molecule is Cc1cccc(CN=C2Nc3ccccc3CC23CCCOCC3)c1. The summed E-state index contributed by atoms with van der Waals surface area (Å²) in [5.41, 5.74) is 5.26. The van der Waals surface area contributed by atoms with Gasteiger partial charge in [0, 0.05) is 24.3 Å². The van der Waals surface area contributed by atoms with Crippen LogP contribution in [0.25, 0.3) is 0 Å². The van der Waals surface area contributed by atoms with Crippen molar-refractivity contribution in [3.63, 3.8) is 0 Å². The van der Waals surface area contributed by atoms with E-state index in [1.165, 1.54) is 22.4 Å². The second-order valence-corrected chi connectivity index (χ2v) is 7.36. The van der Waals surface area contributed by atoms with Gasteiger partial charge in [0.15, 0.2) is 0 Å². The average molecular weight is 334 g/mol. The largest absolute Gasteiger partial charge is 0.381 e. The maximum absolute atomic E-state index is 5.75. The number of nitrogens with zero attached hydrogens (tertiary/aromatic N) is 1. The summed E-state index contributed by atoms with van der Waals surface area (Å²) in [6.45, 7) is 4.56. The van der Waals surface area contributed by atoms with Crippen molar-refractivity contribution in [1.29, 1.82) is 0 Å². The van der Waals surface area contributed by atoms with E-state index < -0.39 is 0 Å². The van der Waals surface area contributed by atoms with Crippen molar-refractivity contribution >= 4 is 11.5 Å². The van der Waals surface area contributed by atoms with Crippen LogP contribution in [0.4, 0.5) is 5.69 Å². The lowest BCUT2D eigenvalue weighted by Gasteiger charge is -2.39. The smallest absolute Gasteiger partial charge is 0.108 e. The highest BCUT2D eigenvalue weighted by Crippen LogP contribution is 2.42. The summed E-state index contributed by atoms with van der Waals surface area (Å²) in [5, 5.41) is 3.66. The van der Waals surface area contributed by atoms with Gasteiger partial charge in [0.2, 0.25) is 0 Å². The van der Waals surface area contributed by atoms with Gasteiger partial charge >= 0.3 is 0 Å². The molecule has 25 heavy (non-hydrogen) atoms. The highest BCUT2D eigenvalue weighted by atomic mass is 16.5. The summed E-state index contributed by atoms with van der Waals surface area (Å²) in [5.74, 6) is 1.15. The first-order chi connectivity index (χ1) is 12.3. The fourth-order valence-corrected chi connectivity index (χ4v) is 4.11. The topological polar surface area (TPSA) is 33.6 Å². The second kappa shape index (κ2) is 7.01. The Kier molecular flexibility index (Phi) is 4.58. The number of anilines is 1. The van der Waals surface area contributed by atoms with Crippen molar-refractivity contribution in [3.05, 3.63) is 65.2 Å². The molecule has 1 unspecified atom stereocenters. The lowest BCUT2D eigenvalue weighted by Crippen LogP contribution is -2.42. The van der Waals surface area contributed by atoms with Crippen molar-refractivity contribution in [3.8, 4) is 0 Å². The Morgan fingerprint density at radius 1 is 1.08 bits per heavy atom. The molecule has 2 aromatic rings. The van der Waals surface area contributed by atoms with Crippen molar-refractivity contribution in [2.75, 3.05) is 18.5 Å². The molecule has 3 heteroatoms. The van der Waals surface area contributed by atoms with Crippen LogP contribution in [0, 0.1) is 12.3 Å². The number of aryl methyl sites for hydroxylation is 1. The van der Waals surface area contributed by atoms with Gasteiger partial charge in [-0.2, -0.15) is 0 Å². The van der Waals surface area contributed by atoms with Gasteiger partial charge in [-0.15, -0.1) is 0 Å². The number of ether oxygens (including phenoxy) is 1. The molecule has 2 heterocycles. The van der Waals surface area contributed by atoms with E-state index in [4.69, 9.17) is 9.73 Å². The molecular formula is C22H26N2O. The minimum atomic E-state index is 0.0919. The van der Waals surface area contributed by atoms with Crippen LogP contribution in [0.15, 0.2) is 53.5 Å². The van der Waals surface area contributed by atoms with Crippen LogP contribution >= 0.6 is 0 Å². The summed E-state index contributed by atoms with van der Waals surface area (Å²) in [4.78, 5) is 5.06. The molecule has 1 N–H and O–H groups in total. The third-order valence-corrected chi connectivity index (χ3v) is 5.47. The Labute approximate surface area is 150 Å². The minimum absolute atomic E-state index is 0.0919. The van der Waals surface area contributed by atoms with E-state index in [1.54, 1.807) is 0 Å². The predicted molar refractivity (Wildman–Crippen MR) is 103 cm³/mol. The second-order valence-electron chi connectivity index (χ2n) is 7.36. The third kappa shape index (κ3) is 3.47. The molecule has 0 amide bonds. The molecule has 0 bridgehead atoms. The monoisotopic (exact) mass is 334 g/mol. The predicted octanol–water partition coefficient (Wildman–Crippen LogP) is 4.75. The lowest BCUT2D eigenvalue weighted by atomic mass is 9.72. The first-order valence-corrected chi connectivity index (χ1v) is 9.28. The Bertz CT molecular complexity index is 773. The van der Waals surface area contributed by atoms with Crippen LogP contribution in [0.1, 0.15) is 36.0 Å². The van der Waals surface area contributed by atoms with Gasteiger partial charge in [-0.05, 0) is 49.8 Å². The zero-order chi connectivity index (χ0) is 17.1. The molecule has 2 aliphatic heterocycles. The van der Waals surface area contributed by atoms with Gasteiger partial charge < -0.3 is 10.1 Å². The fraction of sp³-hybridized carbons (Fsp3) is 0.409. The van der Waals surface area contributed by atoms with Crippen LogP contribution in [-0.2, 0) is 17.7 Å². The average Bonchev–Trinajstić information content (AvgIpc) is 2.86. The van der Waals surface area contributed by atoms with E-state index in [0.717, 1.165) is 51.3 Å². The molecule has 0 radical (unpaired) electrons. The molecule has 1 atom stereocenters. The standard InChI is InChI=1S/C22H26N2O/c1-17-6-4-7-18(14-17)16-23-21-22(10-5-12-25-13-11-22)15-19-8-2-3-9-20(19)24-21/h2-4,6-9,14H,5,10-13,15-16H2,1H3,(H,23,24). The molecule has 0 saturated carbocycles. The number of nitrogens with one attached hydrogen (secondary N) is 1. The fourth-order valence-electron chi connectivity index (χ4n) is 4.11. The van der Waals surface area contributed by atoms with E-state index in [0.29, 0.717) is 0 Å². The van der Waals surface area contributed by atoms with E-state index in [9.17, 15) is 0 Å². The quantitative estimate of drug-likeness (QED) is 0.860.